The van der Waals surface area contributed by atoms with Crippen molar-refractivity contribution in [2.45, 2.75) is 37.8 Å². The molecule has 1 unspecified atom stereocenters. The van der Waals surface area contributed by atoms with Crippen molar-refractivity contribution in [2.75, 3.05) is 25.4 Å². The number of nitrogens with two attached hydrogens (primary N) is 1. The molecule has 3 N–H and O–H groups in total. The van der Waals surface area contributed by atoms with Gasteiger partial charge in [0, 0.05) is 41.5 Å². The Bertz CT molecular complexity index is 951. The number of hydrogen-bond acceptors (Lipinski definition) is 6. The molecule has 2 aliphatic heterocycles. The zero-order chi connectivity index (χ0) is 21.3. The summed E-state index contributed by atoms with van der Waals surface area (Å²) in [4.78, 5) is 4.29. The van der Waals surface area contributed by atoms with E-state index in [0.717, 1.165) is 38.0 Å². The summed E-state index contributed by atoms with van der Waals surface area (Å²) in [6.07, 6.45) is 5.26. The summed E-state index contributed by atoms with van der Waals surface area (Å²) < 4.78 is 19.9. The Balaban J connectivity index is 1.50. The van der Waals surface area contributed by atoms with Crippen LogP contribution >= 0.6 is 23.2 Å². The smallest absolute Gasteiger partial charge is 0.166 e. The van der Waals surface area contributed by atoms with Crippen LogP contribution in [0.15, 0.2) is 29.5 Å². The molecule has 1 fully saturated rings. The first-order valence-electron chi connectivity index (χ1n) is 10.0. The summed E-state index contributed by atoms with van der Waals surface area (Å²) in [6.45, 7) is 4.58. The van der Waals surface area contributed by atoms with Crippen molar-refractivity contribution in [3.8, 4) is 5.75 Å². The van der Waals surface area contributed by atoms with Crippen molar-refractivity contribution in [3.05, 3.63) is 51.4 Å². The quantitative estimate of drug-likeness (QED) is 0.659. The molecule has 2 atom stereocenters. The minimum atomic E-state index is -0.608. The number of nitrogen functional groups attached to an aromatic ring is 1. The summed E-state index contributed by atoms with van der Waals surface area (Å²) in [5, 5.41) is 10.4. The second-order valence-corrected chi connectivity index (χ2v) is 8.43. The van der Waals surface area contributed by atoms with Crippen LogP contribution in [0, 0.1) is 5.82 Å². The molecule has 1 aromatic heterocycles. The molecule has 4 rings (SSSR count). The number of rotatable bonds is 5. The molecule has 0 bridgehead atoms. The number of ether oxygens (including phenoxy) is 1. The van der Waals surface area contributed by atoms with Crippen molar-refractivity contribution in [2.24, 2.45) is 5.10 Å². The van der Waals surface area contributed by atoms with Gasteiger partial charge in [0.2, 0.25) is 0 Å². The highest BCUT2D eigenvalue weighted by Crippen LogP contribution is 2.37. The van der Waals surface area contributed by atoms with Crippen LogP contribution in [-0.4, -0.2) is 41.9 Å². The van der Waals surface area contributed by atoms with Crippen LogP contribution in [0.25, 0.3) is 0 Å². The van der Waals surface area contributed by atoms with Crippen molar-refractivity contribution in [1.82, 2.24) is 15.3 Å². The summed E-state index contributed by atoms with van der Waals surface area (Å²) in [5.41, 5.74) is 7.38. The first-order chi connectivity index (χ1) is 14.4. The first-order valence-corrected chi connectivity index (χ1v) is 10.8. The molecule has 0 saturated carbocycles. The third-order valence-electron chi connectivity index (χ3n) is 5.63. The van der Waals surface area contributed by atoms with E-state index >= 15 is 0 Å². The van der Waals surface area contributed by atoms with E-state index in [0.29, 0.717) is 22.4 Å². The zero-order valence-corrected chi connectivity index (χ0v) is 18.1. The number of halogens is 3. The lowest BCUT2D eigenvalue weighted by atomic mass is 10.0. The molecule has 3 heterocycles. The fourth-order valence-electron chi connectivity index (χ4n) is 3.93. The standard InChI is InChI=1S/C21H24Cl2FN5O/c1-12(19-16(22)2-3-17(24)20(19)23)30-18-8-13(9-27-21(18)25)14-10-28-29(11-14)15-4-6-26-7-5-15/h2-3,8-10,12,14-15,26H,4-7,11H2,1H3,(H2,25,27)/t12-,14?/m1/s1. The molecule has 0 radical (unpaired) electrons. The number of anilines is 1. The van der Waals surface area contributed by atoms with Gasteiger partial charge in [-0.1, -0.05) is 23.2 Å². The molecule has 1 saturated heterocycles. The number of piperidine rings is 1. The number of pyridine rings is 1. The van der Waals surface area contributed by atoms with Crippen LogP contribution in [0.4, 0.5) is 10.2 Å². The Morgan fingerprint density at radius 3 is 2.83 bits per heavy atom. The molecule has 0 aliphatic carbocycles. The van der Waals surface area contributed by atoms with Gasteiger partial charge < -0.3 is 15.8 Å². The van der Waals surface area contributed by atoms with Gasteiger partial charge in [-0.05, 0) is 56.6 Å². The molecule has 2 aromatic rings. The average Bonchev–Trinajstić information content (AvgIpc) is 3.24. The SMILES string of the molecule is C[C@@H](Oc1cc(C2C=NN(C3CCNCC3)C2)cnc1N)c1c(Cl)ccc(F)c1Cl. The summed E-state index contributed by atoms with van der Waals surface area (Å²) >= 11 is 12.3. The summed E-state index contributed by atoms with van der Waals surface area (Å²) in [5.74, 6) is 0.211. The average molecular weight is 452 g/mol. The van der Waals surface area contributed by atoms with Crippen molar-refractivity contribution < 1.29 is 9.13 Å². The lowest BCUT2D eigenvalue weighted by molar-refractivity contribution is 0.181. The van der Waals surface area contributed by atoms with E-state index < -0.39 is 11.9 Å². The van der Waals surface area contributed by atoms with Gasteiger partial charge in [0.1, 0.15) is 11.9 Å². The van der Waals surface area contributed by atoms with Gasteiger partial charge >= 0.3 is 0 Å². The number of hydrogen-bond donors (Lipinski definition) is 2. The van der Waals surface area contributed by atoms with Crippen LogP contribution in [-0.2, 0) is 0 Å². The van der Waals surface area contributed by atoms with Gasteiger partial charge in [0.25, 0.3) is 0 Å². The van der Waals surface area contributed by atoms with E-state index in [-0.39, 0.29) is 16.8 Å². The Kier molecular flexibility index (Phi) is 6.32. The van der Waals surface area contributed by atoms with Gasteiger partial charge in [-0.2, -0.15) is 5.10 Å². The summed E-state index contributed by atoms with van der Waals surface area (Å²) in [6, 6.07) is 5.01. The number of benzene rings is 1. The maximum absolute atomic E-state index is 13.9. The molecule has 6 nitrogen and oxygen atoms in total. The van der Waals surface area contributed by atoms with E-state index in [1.165, 1.54) is 12.1 Å². The van der Waals surface area contributed by atoms with E-state index in [9.17, 15) is 4.39 Å². The Hall–Kier alpha value is -2.09. The van der Waals surface area contributed by atoms with Crippen LogP contribution in [0.5, 0.6) is 5.75 Å². The Labute approximate surface area is 185 Å². The maximum Gasteiger partial charge on any atom is 0.166 e. The van der Waals surface area contributed by atoms with E-state index in [2.05, 4.69) is 20.4 Å². The lowest BCUT2D eigenvalue weighted by Gasteiger charge is -2.30. The Morgan fingerprint density at radius 1 is 1.30 bits per heavy atom. The van der Waals surface area contributed by atoms with E-state index in [1.807, 2.05) is 12.3 Å². The number of nitrogens with one attached hydrogen (secondary N) is 1. The van der Waals surface area contributed by atoms with Crippen molar-refractivity contribution >= 4 is 35.2 Å². The second kappa shape index (κ2) is 8.96. The lowest BCUT2D eigenvalue weighted by Crippen LogP contribution is -2.40. The van der Waals surface area contributed by atoms with Crippen molar-refractivity contribution in [3.63, 3.8) is 0 Å². The monoisotopic (exact) mass is 451 g/mol. The van der Waals surface area contributed by atoms with Gasteiger partial charge in [0.15, 0.2) is 11.6 Å². The minimum Gasteiger partial charge on any atom is -0.482 e. The predicted octanol–water partition coefficient (Wildman–Crippen LogP) is 4.39. The van der Waals surface area contributed by atoms with Crippen molar-refractivity contribution in [1.29, 1.82) is 0 Å². The molecule has 30 heavy (non-hydrogen) atoms. The number of aromatic nitrogens is 1. The zero-order valence-electron chi connectivity index (χ0n) is 16.6. The molecule has 160 valence electrons. The highest BCUT2D eigenvalue weighted by molar-refractivity contribution is 6.36. The van der Waals surface area contributed by atoms with Crippen LogP contribution in [0.3, 0.4) is 0 Å². The number of nitrogens with zero attached hydrogens (tertiary/aromatic N) is 3. The molecule has 0 amide bonds. The number of hydrazone groups is 1. The normalized spacial score (nSPS) is 20.5. The highest BCUT2D eigenvalue weighted by Gasteiger charge is 2.28. The summed E-state index contributed by atoms with van der Waals surface area (Å²) in [7, 11) is 0. The third kappa shape index (κ3) is 4.33. The highest BCUT2D eigenvalue weighted by atomic mass is 35.5. The topological polar surface area (TPSA) is 75.8 Å². The molecule has 9 heteroatoms. The van der Waals surface area contributed by atoms with Gasteiger partial charge in [0.05, 0.1) is 5.02 Å². The fraction of sp³-hybridized carbons (Fsp3) is 0.429. The molecule has 2 aliphatic rings. The Morgan fingerprint density at radius 2 is 2.07 bits per heavy atom. The molecule has 0 spiro atoms. The van der Waals surface area contributed by atoms with E-state index in [1.54, 1.807) is 13.1 Å². The largest absolute Gasteiger partial charge is 0.482 e. The molecular formula is C21H24Cl2FN5O. The van der Waals surface area contributed by atoms with Gasteiger partial charge in [-0.15, -0.1) is 0 Å². The third-order valence-corrected chi connectivity index (χ3v) is 6.34. The first kappa shape index (κ1) is 21.2. The van der Waals surface area contributed by atoms with E-state index in [4.69, 9.17) is 33.7 Å². The molecule has 1 aromatic carbocycles. The van der Waals surface area contributed by atoms with Gasteiger partial charge in [-0.25, -0.2) is 9.37 Å². The predicted molar refractivity (Wildman–Crippen MR) is 118 cm³/mol. The van der Waals surface area contributed by atoms with Gasteiger partial charge in [-0.3, -0.25) is 5.01 Å². The fourth-order valence-corrected chi connectivity index (χ4v) is 4.61. The molecular weight excluding hydrogens is 428 g/mol. The maximum atomic E-state index is 13.9. The van der Waals surface area contributed by atoms with Crippen LogP contribution in [0.1, 0.15) is 42.9 Å². The van der Waals surface area contributed by atoms with Crippen LogP contribution < -0.4 is 15.8 Å². The minimum absolute atomic E-state index is 0.0572. The second-order valence-electron chi connectivity index (χ2n) is 7.64. The van der Waals surface area contributed by atoms with Crippen LogP contribution in [0.2, 0.25) is 10.0 Å².